The second-order valence-electron chi connectivity index (χ2n) is 12.4. The summed E-state index contributed by atoms with van der Waals surface area (Å²) >= 11 is 0. The van der Waals surface area contributed by atoms with Crippen LogP contribution in [0.4, 0.5) is 5.95 Å². The molecule has 2 aromatic rings. The number of aromatic amines is 1. The second-order valence-corrected chi connectivity index (χ2v) is 21.2. The lowest BCUT2D eigenvalue weighted by atomic mass is 10.1. The predicted octanol–water partition coefficient (Wildman–Crippen LogP) is 3.78. The lowest BCUT2D eigenvalue weighted by Gasteiger charge is -2.51. The molecule has 0 aromatic carbocycles. The highest BCUT2D eigenvalue weighted by Gasteiger charge is 2.61. The van der Waals surface area contributed by atoms with Crippen molar-refractivity contribution in [1.29, 1.82) is 0 Å². The Kier molecular flexibility index (Phi) is 9.10. The molecule has 2 N–H and O–H groups in total. The Balaban J connectivity index is 1.81. The van der Waals surface area contributed by atoms with Gasteiger partial charge in [-0.25, -0.2) is 9.98 Å². The zero-order chi connectivity index (χ0) is 29.6. The molecule has 40 heavy (non-hydrogen) atoms. The number of hydrogen-bond donors (Lipinski definition) is 2. The van der Waals surface area contributed by atoms with Crippen molar-refractivity contribution in [3.05, 3.63) is 16.7 Å². The van der Waals surface area contributed by atoms with E-state index in [-0.39, 0.29) is 57.4 Å². The summed E-state index contributed by atoms with van der Waals surface area (Å²) in [4.78, 5) is 30.6. The summed E-state index contributed by atoms with van der Waals surface area (Å²) in [6.45, 7) is 18.0. The van der Waals surface area contributed by atoms with Crippen LogP contribution in [0.5, 0.6) is 0 Å². The summed E-state index contributed by atoms with van der Waals surface area (Å²) in [5.41, 5.74) is 1.14. The zero-order valence-electron chi connectivity index (χ0n) is 25.8. The van der Waals surface area contributed by atoms with E-state index in [4.69, 9.17) is 17.7 Å². The van der Waals surface area contributed by atoms with Gasteiger partial charge >= 0.3 is 17.1 Å². The van der Waals surface area contributed by atoms with E-state index >= 15 is 0 Å². The lowest BCUT2D eigenvalue weighted by molar-refractivity contribution is -0.0547. The fourth-order valence-corrected chi connectivity index (χ4v) is 17.3. The molecule has 2 aliphatic heterocycles. The van der Waals surface area contributed by atoms with Crippen molar-refractivity contribution in [3.63, 3.8) is 0 Å². The molecule has 0 bridgehead atoms. The van der Waals surface area contributed by atoms with Gasteiger partial charge in [-0.3, -0.25) is 14.3 Å². The van der Waals surface area contributed by atoms with Crippen molar-refractivity contribution in [2.75, 3.05) is 27.7 Å². The van der Waals surface area contributed by atoms with Crippen LogP contribution in [0.2, 0.25) is 22.2 Å². The van der Waals surface area contributed by atoms with Gasteiger partial charge in [-0.1, -0.05) is 55.4 Å². The number of ether oxygens (including phenoxy) is 1. The number of rotatable bonds is 8. The monoisotopic (exact) mass is 593 g/mol. The first kappa shape index (κ1) is 31.0. The Morgan fingerprint density at radius 2 is 1.73 bits per heavy atom. The van der Waals surface area contributed by atoms with Gasteiger partial charge in [0.2, 0.25) is 5.95 Å². The Bertz CT molecular complexity index is 1250. The number of nitrogens with zero attached hydrogens (tertiary/aromatic N) is 5. The van der Waals surface area contributed by atoms with Gasteiger partial charge in [0.05, 0.1) is 31.4 Å². The molecular formula is C26H47N7O5Si2. The van der Waals surface area contributed by atoms with E-state index in [1.54, 1.807) is 22.1 Å². The van der Waals surface area contributed by atoms with Crippen molar-refractivity contribution in [2.45, 2.75) is 102 Å². The number of imidazole rings is 1. The maximum absolute atomic E-state index is 12.8. The lowest BCUT2D eigenvalue weighted by Crippen LogP contribution is -2.66. The van der Waals surface area contributed by atoms with Crippen LogP contribution in [0.15, 0.2) is 16.1 Å². The first-order valence-electron chi connectivity index (χ1n) is 14.3. The van der Waals surface area contributed by atoms with E-state index in [1.165, 1.54) is 0 Å². The standard InChI is InChI=1S/C26H47N7O5Si2/c1-15(2)39(16(3)4)35-12-19-22(37-40(38-39,17(5)6)18(7)8)20(27-9)25(36-19)33-14-28-21-23(33)30-26(31-24(21)34)29-13-32(10)11/h13-20,22,25,27H,12H2,1-11H3,(H,30,31,34)/b29-13+/t19-,20-,22-,25-/m1/s1. The molecule has 0 saturated carbocycles. The van der Waals surface area contributed by atoms with Crippen LogP contribution in [-0.2, 0) is 17.7 Å². The minimum absolute atomic E-state index is 0.196. The maximum Gasteiger partial charge on any atom is 0.335 e. The molecule has 4 heterocycles. The molecule has 4 rings (SSSR count). The van der Waals surface area contributed by atoms with Gasteiger partial charge in [0.15, 0.2) is 17.4 Å². The van der Waals surface area contributed by atoms with Crippen LogP contribution >= 0.6 is 0 Å². The summed E-state index contributed by atoms with van der Waals surface area (Å²) in [5.74, 6) is 0.196. The van der Waals surface area contributed by atoms with Crippen LogP contribution in [0.1, 0.15) is 61.6 Å². The third-order valence-electron chi connectivity index (χ3n) is 8.11. The fourth-order valence-electron chi connectivity index (χ4n) is 6.03. The summed E-state index contributed by atoms with van der Waals surface area (Å²) in [7, 11) is 0.0595. The highest BCUT2D eigenvalue weighted by atomic mass is 28.5. The zero-order valence-corrected chi connectivity index (χ0v) is 27.8. The van der Waals surface area contributed by atoms with Gasteiger partial charge in [-0.15, -0.1) is 0 Å². The summed E-state index contributed by atoms with van der Waals surface area (Å²) in [6, 6.07) is -0.263. The normalized spacial score (nSPS) is 26.8. The number of nitrogens with one attached hydrogen (secondary N) is 2. The summed E-state index contributed by atoms with van der Waals surface area (Å²) < 4.78 is 30.1. The molecule has 224 valence electrons. The highest BCUT2D eigenvalue weighted by molar-refractivity contribution is 6.84. The molecule has 0 amide bonds. The number of likely N-dealkylation sites (N-methyl/N-ethyl adjacent to an activating group) is 1. The molecule has 2 fully saturated rings. The fraction of sp³-hybridized carbons (Fsp3) is 0.769. The van der Waals surface area contributed by atoms with Gasteiger partial charge in [-0.2, -0.15) is 4.98 Å². The second kappa shape index (κ2) is 11.7. The Hall–Kier alpha value is -1.95. The van der Waals surface area contributed by atoms with Crippen LogP contribution < -0.4 is 10.9 Å². The number of H-pyrrole nitrogens is 1. The third kappa shape index (κ3) is 5.34. The van der Waals surface area contributed by atoms with Crippen molar-refractivity contribution >= 4 is 40.6 Å². The molecule has 0 unspecified atom stereocenters. The molecule has 4 atom stereocenters. The first-order chi connectivity index (χ1) is 18.8. The third-order valence-corrected chi connectivity index (χ3v) is 18.4. The number of aromatic nitrogens is 4. The van der Waals surface area contributed by atoms with E-state index in [2.05, 4.69) is 80.7 Å². The number of hydrogen-bond acceptors (Lipinski definition) is 9. The van der Waals surface area contributed by atoms with E-state index in [9.17, 15) is 4.79 Å². The quantitative estimate of drug-likeness (QED) is 0.267. The van der Waals surface area contributed by atoms with Gasteiger partial charge in [0.1, 0.15) is 6.10 Å². The Morgan fingerprint density at radius 3 is 2.27 bits per heavy atom. The molecule has 14 heteroatoms. The molecule has 0 aliphatic carbocycles. The van der Waals surface area contributed by atoms with Gasteiger partial charge in [0.25, 0.3) is 5.56 Å². The van der Waals surface area contributed by atoms with Crippen molar-refractivity contribution < 1.29 is 17.7 Å². The molecule has 2 saturated heterocycles. The van der Waals surface area contributed by atoms with Crippen molar-refractivity contribution in [2.24, 2.45) is 4.99 Å². The minimum atomic E-state index is -2.83. The molecule has 2 aromatic heterocycles. The summed E-state index contributed by atoms with van der Waals surface area (Å²) in [5, 5.41) is 3.44. The number of aliphatic imine (C=N–C) groups is 1. The van der Waals surface area contributed by atoms with E-state index in [1.807, 2.05) is 21.1 Å². The Morgan fingerprint density at radius 1 is 1.10 bits per heavy atom. The SMILES string of the molecule is CN[C@@H]1[C@@H]2O[Si](C(C)C)(C(C)C)O[Si](C(C)C)(C(C)C)OC[C@H]2O[C@H]1n1cnc2c(=O)[nH]c(/N=C/N(C)C)nc21. The molecule has 12 nitrogen and oxygen atoms in total. The van der Waals surface area contributed by atoms with Crippen LogP contribution in [0, 0.1) is 0 Å². The average Bonchev–Trinajstić information content (AvgIpc) is 3.43. The summed E-state index contributed by atoms with van der Waals surface area (Å²) in [6.07, 6.45) is 1.98. The van der Waals surface area contributed by atoms with E-state index in [0.717, 1.165) is 0 Å². The molecule has 0 spiro atoms. The molecular weight excluding hydrogens is 547 g/mol. The average molecular weight is 594 g/mol. The number of fused-ring (bicyclic) bond motifs is 2. The van der Waals surface area contributed by atoms with Crippen LogP contribution in [-0.4, -0.2) is 93.9 Å². The molecule has 2 aliphatic rings. The largest absolute Gasteiger partial charge is 0.414 e. The molecule has 0 radical (unpaired) electrons. The van der Waals surface area contributed by atoms with Gasteiger partial charge in [0, 0.05) is 14.1 Å². The van der Waals surface area contributed by atoms with E-state index in [0.29, 0.717) is 12.3 Å². The van der Waals surface area contributed by atoms with Crippen molar-refractivity contribution in [3.8, 4) is 0 Å². The van der Waals surface area contributed by atoms with Gasteiger partial charge < -0.3 is 27.9 Å². The minimum Gasteiger partial charge on any atom is -0.414 e. The topological polar surface area (TPSA) is 128 Å². The first-order valence-corrected chi connectivity index (χ1v) is 18.2. The highest BCUT2D eigenvalue weighted by Crippen LogP contribution is 2.48. The maximum atomic E-state index is 12.8. The van der Waals surface area contributed by atoms with Crippen LogP contribution in [0.3, 0.4) is 0 Å². The van der Waals surface area contributed by atoms with Crippen LogP contribution in [0.25, 0.3) is 11.2 Å². The van der Waals surface area contributed by atoms with Gasteiger partial charge in [-0.05, 0) is 29.2 Å². The Labute approximate surface area is 239 Å². The smallest absolute Gasteiger partial charge is 0.335 e. The van der Waals surface area contributed by atoms with Crippen molar-refractivity contribution in [1.82, 2.24) is 29.7 Å². The van der Waals surface area contributed by atoms with E-state index < -0.39 is 23.3 Å². The predicted molar refractivity (Wildman–Crippen MR) is 161 cm³/mol.